The first-order valence-corrected chi connectivity index (χ1v) is 11.4. The van der Waals surface area contributed by atoms with Crippen LogP contribution in [0.25, 0.3) is 11.3 Å². The van der Waals surface area contributed by atoms with Crippen LogP contribution in [0.2, 0.25) is 0 Å². The van der Waals surface area contributed by atoms with Gasteiger partial charge in [0.1, 0.15) is 17.2 Å². The number of hydrogen-bond acceptors (Lipinski definition) is 6. The summed E-state index contributed by atoms with van der Waals surface area (Å²) in [5, 5.41) is 3.37. The number of amides is 1. The third-order valence-electron chi connectivity index (χ3n) is 5.29. The maximum absolute atomic E-state index is 13.0. The fourth-order valence-electron chi connectivity index (χ4n) is 3.70. The molecule has 1 N–H and O–H groups in total. The molecule has 1 atom stereocenters. The molecule has 7 nitrogen and oxygen atoms in total. The van der Waals surface area contributed by atoms with Gasteiger partial charge in [0, 0.05) is 23.5 Å². The van der Waals surface area contributed by atoms with Gasteiger partial charge >= 0.3 is 6.09 Å². The number of carbonyl (C=O) groups is 1. The lowest BCUT2D eigenvalue weighted by molar-refractivity contribution is 0.0241. The molecule has 0 fully saturated rings. The molecular weight excluding hydrogens is 428 g/mol. The van der Waals surface area contributed by atoms with Crippen molar-refractivity contribution in [3.8, 4) is 17.0 Å². The minimum Gasteiger partial charge on any atom is -0.497 e. The van der Waals surface area contributed by atoms with E-state index in [0.717, 1.165) is 29.1 Å². The summed E-state index contributed by atoms with van der Waals surface area (Å²) in [6.45, 7) is 5.57. The maximum atomic E-state index is 13.0. The van der Waals surface area contributed by atoms with Gasteiger partial charge in [0.2, 0.25) is 0 Å². The molecule has 7 heteroatoms. The molecule has 0 saturated carbocycles. The van der Waals surface area contributed by atoms with Gasteiger partial charge in [-0.1, -0.05) is 36.4 Å². The van der Waals surface area contributed by atoms with Crippen molar-refractivity contribution in [1.29, 1.82) is 0 Å². The van der Waals surface area contributed by atoms with Crippen LogP contribution in [0.4, 0.5) is 16.3 Å². The van der Waals surface area contributed by atoms with Gasteiger partial charge in [-0.15, -0.1) is 0 Å². The molecule has 0 bridgehead atoms. The van der Waals surface area contributed by atoms with Gasteiger partial charge in [0.25, 0.3) is 0 Å². The van der Waals surface area contributed by atoms with Crippen LogP contribution >= 0.6 is 0 Å². The van der Waals surface area contributed by atoms with E-state index in [1.807, 2.05) is 87.5 Å². The molecule has 0 saturated heterocycles. The standard InChI is InChI=1S/C27H30N4O3/c1-27(2,3)34-26(32)31-17-9-8-12-23(31)25-29-22(19-10-6-5-7-11-19)18-24(30-25)28-20-13-15-21(33-4)16-14-20/h5-7,9-11,13-18,23H,8,12H2,1-4H3,(H,28,29,30). The Hall–Kier alpha value is -3.87. The van der Waals surface area contributed by atoms with Gasteiger partial charge in [0.05, 0.1) is 18.8 Å². The number of carbonyl (C=O) groups excluding carboxylic acids is 1. The summed E-state index contributed by atoms with van der Waals surface area (Å²) in [5.74, 6) is 1.99. The molecule has 1 amide bonds. The van der Waals surface area contributed by atoms with E-state index in [9.17, 15) is 4.79 Å². The van der Waals surface area contributed by atoms with Crippen LogP contribution in [0.5, 0.6) is 5.75 Å². The summed E-state index contributed by atoms with van der Waals surface area (Å²) >= 11 is 0. The number of anilines is 2. The van der Waals surface area contributed by atoms with Gasteiger partial charge in [-0.25, -0.2) is 14.8 Å². The number of ether oxygens (including phenoxy) is 2. The first-order valence-electron chi connectivity index (χ1n) is 11.4. The van der Waals surface area contributed by atoms with E-state index >= 15 is 0 Å². The smallest absolute Gasteiger partial charge is 0.415 e. The van der Waals surface area contributed by atoms with Crippen molar-refractivity contribution in [3.05, 3.63) is 78.8 Å². The average molecular weight is 459 g/mol. The number of benzene rings is 2. The van der Waals surface area contributed by atoms with Gasteiger partial charge in [-0.05, 0) is 57.9 Å². The maximum Gasteiger partial charge on any atom is 0.415 e. The molecule has 1 aromatic heterocycles. The number of aromatic nitrogens is 2. The molecule has 2 heterocycles. The third kappa shape index (κ3) is 5.73. The Morgan fingerprint density at radius 2 is 1.79 bits per heavy atom. The highest BCUT2D eigenvalue weighted by molar-refractivity contribution is 5.71. The number of allylic oxidation sites excluding steroid dienone is 1. The minimum absolute atomic E-state index is 0.333. The molecule has 0 radical (unpaired) electrons. The quantitative estimate of drug-likeness (QED) is 0.471. The molecule has 0 spiro atoms. The molecule has 3 aromatic rings. The third-order valence-corrected chi connectivity index (χ3v) is 5.29. The van der Waals surface area contributed by atoms with E-state index in [-0.39, 0.29) is 6.04 Å². The molecule has 176 valence electrons. The van der Waals surface area contributed by atoms with Gasteiger partial charge in [-0.3, -0.25) is 4.90 Å². The zero-order chi connectivity index (χ0) is 24.1. The van der Waals surface area contributed by atoms with E-state index < -0.39 is 11.7 Å². The molecule has 1 aliphatic heterocycles. The summed E-state index contributed by atoms with van der Waals surface area (Å²) in [6.07, 6.45) is 4.86. The highest BCUT2D eigenvalue weighted by atomic mass is 16.6. The first-order chi connectivity index (χ1) is 16.3. The van der Waals surface area contributed by atoms with Gasteiger partial charge in [0.15, 0.2) is 5.82 Å². The van der Waals surface area contributed by atoms with E-state index in [1.165, 1.54) is 0 Å². The summed E-state index contributed by atoms with van der Waals surface area (Å²) < 4.78 is 10.9. The molecule has 1 aliphatic rings. The summed E-state index contributed by atoms with van der Waals surface area (Å²) in [5.41, 5.74) is 2.03. The Morgan fingerprint density at radius 3 is 2.47 bits per heavy atom. The SMILES string of the molecule is COc1ccc(Nc2cc(-c3ccccc3)nc(C3CCC=CN3C(=O)OC(C)(C)C)n2)cc1. The monoisotopic (exact) mass is 458 g/mol. The molecule has 1 unspecified atom stereocenters. The fourth-order valence-corrected chi connectivity index (χ4v) is 3.70. The lowest BCUT2D eigenvalue weighted by Crippen LogP contribution is -2.37. The molecule has 4 rings (SSSR count). The second kappa shape index (κ2) is 9.95. The number of nitrogens with zero attached hydrogens (tertiary/aromatic N) is 3. The van der Waals surface area contributed by atoms with Crippen molar-refractivity contribution in [2.24, 2.45) is 0 Å². The molecule has 2 aromatic carbocycles. The lowest BCUT2D eigenvalue weighted by atomic mass is 10.1. The second-order valence-corrected chi connectivity index (χ2v) is 9.08. The Bertz CT molecular complexity index is 1150. The van der Waals surface area contributed by atoms with E-state index in [1.54, 1.807) is 18.2 Å². The number of rotatable bonds is 5. The summed E-state index contributed by atoms with van der Waals surface area (Å²) in [7, 11) is 1.64. The number of hydrogen-bond donors (Lipinski definition) is 1. The zero-order valence-corrected chi connectivity index (χ0v) is 20.0. The van der Waals surface area contributed by atoms with E-state index in [4.69, 9.17) is 19.4 Å². The predicted molar refractivity (Wildman–Crippen MR) is 133 cm³/mol. The lowest BCUT2D eigenvalue weighted by Gasteiger charge is -2.32. The summed E-state index contributed by atoms with van der Waals surface area (Å²) in [4.78, 5) is 24.2. The van der Waals surface area contributed by atoms with Crippen LogP contribution < -0.4 is 10.1 Å². The number of methoxy groups -OCH3 is 1. The highest BCUT2D eigenvalue weighted by Crippen LogP contribution is 2.32. The van der Waals surface area contributed by atoms with Crippen LogP contribution in [-0.2, 0) is 4.74 Å². The van der Waals surface area contributed by atoms with E-state index in [0.29, 0.717) is 18.1 Å². The predicted octanol–water partition coefficient (Wildman–Crippen LogP) is 6.48. The number of nitrogens with one attached hydrogen (secondary N) is 1. The van der Waals surface area contributed by atoms with Crippen molar-refractivity contribution >= 4 is 17.6 Å². The van der Waals surface area contributed by atoms with Crippen LogP contribution in [-0.4, -0.2) is 33.7 Å². The highest BCUT2D eigenvalue weighted by Gasteiger charge is 2.31. The normalized spacial score (nSPS) is 15.6. The Morgan fingerprint density at radius 1 is 1.06 bits per heavy atom. The van der Waals surface area contributed by atoms with Crippen molar-refractivity contribution in [3.63, 3.8) is 0 Å². The first kappa shape index (κ1) is 23.3. The Labute approximate surface area is 200 Å². The molecule has 0 aliphatic carbocycles. The molecule has 34 heavy (non-hydrogen) atoms. The van der Waals surface area contributed by atoms with Crippen molar-refractivity contribution in [1.82, 2.24) is 14.9 Å². The van der Waals surface area contributed by atoms with Crippen LogP contribution in [0.1, 0.15) is 45.5 Å². The van der Waals surface area contributed by atoms with Crippen molar-refractivity contribution in [2.75, 3.05) is 12.4 Å². The minimum atomic E-state index is -0.596. The molecular formula is C27H30N4O3. The Kier molecular flexibility index (Phi) is 6.82. The summed E-state index contributed by atoms with van der Waals surface area (Å²) in [6, 6.07) is 19.2. The largest absolute Gasteiger partial charge is 0.497 e. The topological polar surface area (TPSA) is 76.6 Å². The zero-order valence-electron chi connectivity index (χ0n) is 20.0. The van der Waals surface area contributed by atoms with E-state index in [2.05, 4.69) is 5.32 Å². The van der Waals surface area contributed by atoms with Crippen LogP contribution in [0.3, 0.4) is 0 Å². The van der Waals surface area contributed by atoms with Crippen LogP contribution in [0.15, 0.2) is 72.9 Å². The van der Waals surface area contributed by atoms with Crippen LogP contribution in [0, 0.1) is 0 Å². The average Bonchev–Trinajstić information content (AvgIpc) is 2.84. The van der Waals surface area contributed by atoms with Gasteiger partial charge < -0.3 is 14.8 Å². The fraction of sp³-hybridized carbons (Fsp3) is 0.296. The Balaban J connectivity index is 1.72. The van der Waals surface area contributed by atoms with Gasteiger partial charge in [-0.2, -0.15) is 0 Å². The van der Waals surface area contributed by atoms with Crippen molar-refractivity contribution in [2.45, 2.75) is 45.3 Å². The van der Waals surface area contributed by atoms with Crippen molar-refractivity contribution < 1.29 is 14.3 Å². The second-order valence-electron chi connectivity index (χ2n) is 9.08.